The van der Waals surface area contributed by atoms with Gasteiger partial charge in [-0.2, -0.15) is 8.42 Å². The lowest BCUT2D eigenvalue weighted by Gasteiger charge is -2.09. The van der Waals surface area contributed by atoms with Crippen LogP contribution in [0, 0.1) is 17.0 Å². The van der Waals surface area contributed by atoms with Gasteiger partial charge in [0.1, 0.15) is 4.90 Å². The second-order valence-electron chi connectivity index (χ2n) is 7.30. The van der Waals surface area contributed by atoms with Crippen LogP contribution in [-0.2, 0) is 14.9 Å². The maximum absolute atomic E-state index is 12.6. The van der Waals surface area contributed by atoms with Gasteiger partial charge >= 0.3 is 10.1 Å². The highest BCUT2D eigenvalue weighted by molar-refractivity contribution is 9.10. The number of carbonyl (C=O) groups is 1. The largest absolute Gasteiger partial charge is 0.378 e. The van der Waals surface area contributed by atoms with Crippen molar-refractivity contribution in [3.05, 3.63) is 97.3 Å². The maximum Gasteiger partial charge on any atom is 0.339 e. The highest BCUT2D eigenvalue weighted by Gasteiger charge is 2.24. The van der Waals surface area contributed by atoms with Gasteiger partial charge in [-0.3, -0.25) is 14.9 Å². The first kappa shape index (κ1) is 24.6. The first-order chi connectivity index (χ1) is 16.6. The van der Waals surface area contributed by atoms with Crippen LogP contribution >= 0.6 is 27.7 Å². The van der Waals surface area contributed by atoms with E-state index in [0.717, 1.165) is 35.5 Å². The summed E-state index contributed by atoms with van der Waals surface area (Å²) in [5, 5.41) is 13.9. The van der Waals surface area contributed by atoms with Crippen LogP contribution < -0.4 is 9.50 Å². The van der Waals surface area contributed by atoms with E-state index < -0.39 is 15.0 Å². The van der Waals surface area contributed by atoms with E-state index in [1.807, 2.05) is 31.2 Å². The summed E-state index contributed by atoms with van der Waals surface area (Å²) in [5.74, 6) is -0.270. The number of halogens is 1. The van der Waals surface area contributed by atoms with Crippen LogP contribution in [0.1, 0.15) is 11.1 Å². The first-order valence-electron chi connectivity index (χ1n) is 9.95. The molecule has 1 aliphatic heterocycles. The molecule has 0 bridgehead atoms. The summed E-state index contributed by atoms with van der Waals surface area (Å²) in [6.45, 7) is 1.98. The zero-order valence-corrected chi connectivity index (χ0v) is 21.2. The number of aryl methyl sites for hydroxylation is 1. The van der Waals surface area contributed by atoms with E-state index in [1.165, 1.54) is 17.8 Å². The van der Waals surface area contributed by atoms with Gasteiger partial charge in [0.2, 0.25) is 0 Å². The van der Waals surface area contributed by atoms with E-state index in [4.69, 9.17) is 4.18 Å². The maximum atomic E-state index is 12.6. The number of aliphatic imine (C=N–C) groups is 1. The number of nitrogens with zero attached hydrogens (tertiary/aromatic N) is 2. The molecule has 0 aliphatic carbocycles. The predicted octanol–water partition coefficient (Wildman–Crippen LogP) is 5.33. The molecule has 178 valence electrons. The van der Waals surface area contributed by atoms with Crippen LogP contribution in [-0.4, -0.2) is 24.4 Å². The summed E-state index contributed by atoms with van der Waals surface area (Å²) in [7, 11) is -4.21. The first-order valence-corrected chi connectivity index (χ1v) is 13.0. The number of nitro groups is 1. The molecule has 0 atom stereocenters. The molecule has 12 heteroatoms. The zero-order valence-electron chi connectivity index (χ0n) is 18.0. The Morgan fingerprint density at radius 2 is 1.77 bits per heavy atom. The van der Waals surface area contributed by atoms with E-state index in [-0.39, 0.29) is 22.2 Å². The molecular weight excluding hydrogens is 558 g/mol. The fourth-order valence-electron chi connectivity index (χ4n) is 2.94. The Hall–Kier alpha value is -3.48. The van der Waals surface area contributed by atoms with Crippen molar-refractivity contribution in [3.8, 4) is 5.75 Å². The van der Waals surface area contributed by atoms with Crippen molar-refractivity contribution < 1.29 is 22.3 Å². The van der Waals surface area contributed by atoms with Gasteiger partial charge < -0.3 is 9.50 Å². The predicted molar refractivity (Wildman–Crippen MR) is 137 cm³/mol. The molecule has 1 aliphatic rings. The SMILES string of the molecule is Cc1ccc(N=C2NC(=O)/C(=C/c3ccc(OS(=O)(=O)c4ccc([N+](=O)[O-])cc4)c(Br)c3)S2)cc1. The standard InChI is InChI=1S/C23H16BrN3O6S2/c1-14-2-5-16(6-3-14)25-23-26-22(28)21(34-23)13-15-4-11-20(19(24)12-15)33-35(31,32)18-9-7-17(8-10-18)27(29)30/h2-13H,1H3,(H,25,26,28)/b21-13-. The third kappa shape index (κ3) is 5.96. The van der Waals surface area contributed by atoms with Crippen molar-refractivity contribution in [3.63, 3.8) is 0 Å². The average molecular weight is 574 g/mol. The highest BCUT2D eigenvalue weighted by Crippen LogP contribution is 2.32. The molecule has 0 radical (unpaired) electrons. The summed E-state index contributed by atoms with van der Waals surface area (Å²) in [6, 6.07) is 16.6. The van der Waals surface area contributed by atoms with Gasteiger partial charge in [0.05, 0.1) is 20.0 Å². The van der Waals surface area contributed by atoms with Gasteiger partial charge in [-0.25, -0.2) is 4.99 Å². The Bertz CT molecular complexity index is 1480. The van der Waals surface area contributed by atoms with Crippen LogP contribution in [0.5, 0.6) is 5.75 Å². The molecule has 0 saturated carbocycles. The van der Waals surface area contributed by atoms with Crippen LogP contribution in [0.4, 0.5) is 11.4 Å². The molecule has 0 spiro atoms. The fourth-order valence-corrected chi connectivity index (χ4v) is 5.32. The molecule has 1 fully saturated rings. The molecule has 0 unspecified atom stereocenters. The number of nitro benzene ring substituents is 1. The van der Waals surface area contributed by atoms with Crippen molar-refractivity contribution in [2.75, 3.05) is 0 Å². The number of nitrogens with one attached hydrogen (secondary N) is 1. The van der Waals surface area contributed by atoms with E-state index in [2.05, 4.69) is 26.2 Å². The fraction of sp³-hybridized carbons (Fsp3) is 0.0435. The number of amides is 1. The Kier molecular flexibility index (Phi) is 7.05. The summed E-state index contributed by atoms with van der Waals surface area (Å²) in [4.78, 5) is 27.1. The Balaban J connectivity index is 1.50. The topological polar surface area (TPSA) is 128 Å². The molecule has 0 aromatic heterocycles. The Labute approximate surface area is 213 Å². The van der Waals surface area contributed by atoms with E-state index in [9.17, 15) is 23.3 Å². The summed E-state index contributed by atoms with van der Waals surface area (Å²) in [5.41, 5.74) is 2.23. The van der Waals surface area contributed by atoms with Crippen molar-refractivity contribution >= 4 is 66.3 Å². The molecule has 4 rings (SSSR count). The number of rotatable bonds is 6. The van der Waals surface area contributed by atoms with Crippen molar-refractivity contribution in [1.82, 2.24) is 5.32 Å². The number of thioether (sulfide) groups is 1. The van der Waals surface area contributed by atoms with Gasteiger partial charge in [0.15, 0.2) is 10.9 Å². The summed E-state index contributed by atoms with van der Waals surface area (Å²) in [6.07, 6.45) is 1.65. The van der Waals surface area contributed by atoms with Crippen LogP contribution in [0.3, 0.4) is 0 Å². The summed E-state index contributed by atoms with van der Waals surface area (Å²) < 4.78 is 30.6. The normalized spacial score (nSPS) is 15.9. The molecule has 9 nitrogen and oxygen atoms in total. The van der Waals surface area contributed by atoms with Gasteiger partial charge in [-0.15, -0.1) is 0 Å². The second kappa shape index (κ2) is 10.0. The zero-order chi connectivity index (χ0) is 25.2. The van der Waals surface area contributed by atoms with Crippen LogP contribution in [0.25, 0.3) is 6.08 Å². The van der Waals surface area contributed by atoms with Crippen molar-refractivity contribution in [2.24, 2.45) is 4.99 Å². The molecule has 3 aromatic rings. The van der Waals surface area contributed by atoms with Crippen LogP contribution in [0.15, 0.2) is 86.0 Å². The Morgan fingerprint density at radius 1 is 1.09 bits per heavy atom. The van der Waals surface area contributed by atoms with Gasteiger partial charge in [0.25, 0.3) is 11.6 Å². The molecule has 1 saturated heterocycles. The van der Waals surface area contributed by atoms with Gasteiger partial charge in [-0.05, 0) is 82.7 Å². The molecule has 1 amide bonds. The van der Waals surface area contributed by atoms with E-state index >= 15 is 0 Å². The minimum absolute atomic E-state index is 0.0238. The monoisotopic (exact) mass is 573 g/mol. The number of carbonyl (C=O) groups excluding carboxylic acids is 1. The van der Waals surface area contributed by atoms with Gasteiger partial charge in [-0.1, -0.05) is 23.8 Å². The van der Waals surface area contributed by atoms with Crippen molar-refractivity contribution in [2.45, 2.75) is 11.8 Å². The lowest BCUT2D eigenvalue weighted by Crippen LogP contribution is -2.19. The quantitative estimate of drug-likeness (QED) is 0.183. The summed E-state index contributed by atoms with van der Waals surface area (Å²) >= 11 is 4.48. The highest BCUT2D eigenvalue weighted by atomic mass is 79.9. The molecule has 1 N–H and O–H groups in total. The van der Waals surface area contributed by atoms with E-state index in [0.29, 0.717) is 20.1 Å². The number of hydrogen-bond acceptors (Lipinski definition) is 8. The average Bonchev–Trinajstić information content (AvgIpc) is 3.15. The number of amidine groups is 1. The molecule has 35 heavy (non-hydrogen) atoms. The third-order valence-electron chi connectivity index (χ3n) is 4.70. The Morgan fingerprint density at radius 3 is 2.40 bits per heavy atom. The van der Waals surface area contributed by atoms with Crippen LogP contribution in [0.2, 0.25) is 0 Å². The van der Waals surface area contributed by atoms with Crippen molar-refractivity contribution in [1.29, 1.82) is 0 Å². The number of hydrogen-bond donors (Lipinski definition) is 1. The second-order valence-corrected chi connectivity index (χ2v) is 10.7. The lowest BCUT2D eigenvalue weighted by atomic mass is 10.2. The molecule has 1 heterocycles. The third-order valence-corrected chi connectivity index (χ3v) is 7.48. The van der Waals surface area contributed by atoms with E-state index in [1.54, 1.807) is 18.2 Å². The lowest BCUT2D eigenvalue weighted by molar-refractivity contribution is -0.384. The number of non-ortho nitro benzene ring substituents is 1. The minimum Gasteiger partial charge on any atom is -0.378 e. The van der Waals surface area contributed by atoms with Gasteiger partial charge in [0, 0.05) is 12.1 Å². The minimum atomic E-state index is -4.21. The number of benzene rings is 3. The smallest absolute Gasteiger partial charge is 0.339 e. The molecular formula is C23H16BrN3O6S2. The molecule has 3 aromatic carbocycles.